The first kappa shape index (κ1) is 13.7. The molecule has 1 N–H and O–H groups in total. The molecule has 0 saturated carbocycles. The fourth-order valence-electron chi connectivity index (χ4n) is 0.246. The summed E-state index contributed by atoms with van der Waals surface area (Å²) in [5.74, 6) is 0. The van der Waals surface area contributed by atoms with Gasteiger partial charge in [-0.2, -0.15) is 0 Å². The van der Waals surface area contributed by atoms with Gasteiger partial charge in [0.1, 0.15) is 14.8 Å². The standard InChI is InChI=1S/C3H7ClO4S.Na/c4-3(1-2-5)9(6,7)8;/h3,5H,1-2H2,(H,6,7,8);/q;+1/p-1. The van der Waals surface area contributed by atoms with E-state index in [-0.39, 0.29) is 36.0 Å². The van der Waals surface area contributed by atoms with Crippen LogP contribution < -0.4 is 29.6 Å². The van der Waals surface area contributed by atoms with Gasteiger partial charge in [-0.3, -0.25) is 0 Å². The fraction of sp³-hybridized carbons (Fsp3) is 1.00. The molecule has 4 nitrogen and oxygen atoms in total. The predicted molar refractivity (Wildman–Crippen MR) is 31.0 cm³/mol. The summed E-state index contributed by atoms with van der Waals surface area (Å²) in [6, 6.07) is 0. The van der Waals surface area contributed by atoms with Crippen molar-refractivity contribution in [3.63, 3.8) is 0 Å². The van der Waals surface area contributed by atoms with Crippen LogP contribution in [0.3, 0.4) is 0 Å². The molecule has 0 aliphatic rings. The molecule has 0 fully saturated rings. The van der Waals surface area contributed by atoms with E-state index in [2.05, 4.69) is 0 Å². The maximum absolute atomic E-state index is 9.92. The molecule has 0 saturated heterocycles. The quantitative estimate of drug-likeness (QED) is 0.289. The molecule has 0 aliphatic carbocycles. The first-order valence-electron chi connectivity index (χ1n) is 2.18. The Morgan fingerprint density at radius 3 is 2.10 bits per heavy atom. The smallest absolute Gasteiger partial charge is 0.747 e. The number of aliphatic hydroxyl groups excluding tert-OH is 1. The van der Waals surface area contributed by atoms with Crippen LogP contribution in [0.25, 0.3) is 0 Å². The van der Waals surface area contributed by atoms with Gasteiger partial charge in [-0.1, -0.05) is 0 Å². The molecule has 56 valence electrons. The zero-order valence-electron chi connectivity index (χ0n) is 5.45. The van der Waals surface area contributed by atoms with Crippen LogP contribution >= 0.6 is 11.6 Å². The summed E-state index contributed by atoms with van der Waals surface area (Å²) in [5, 5.41) is 8.11. The molecule has 0 bridgehead atoms. The van der Waals surface area contributed by atoms with Crippen molar-refractivity contribution in [3.8, 4) is 0 Å². The van der Waals surface area contributed by atoms with Gasteiger partial charge in [0.05, 0.1) is 0 Å². The average molecular weight is 197 g/mol. The molecule has 0 aliphatic heterocycles. The van der Waals surface area contributed by atoms with Crippen LogP contribution in [0.5, 0.6) is 0 Å². The second-order valence-electron chi connectivity index (χ2n) is 1.42. The Morgan fingerprint density at radius 2 is 2.00 bits per heavy atom. The Morgan fingerprint density at radius 1 is 1.60 bits per heavy atom. The van der Waals surface area contributed by atoms with Crippen molar-refractivity contribution in [3.05, 3.63) is 0 Å². The third-order valence-corrected chi connectivity index (χ3v) is 2.40. The van der Waals surface area contributed by atoms with Gasteiger partial charge < -0.3 is 9.66 Å². The van der Waals surface area contributed by atoms with E-state index in [9.17, 15) is 13.0 Å². The van der Waals surface area contributed by atoms with Gasteiger partial charge in [0.2, 0.25) is 0 Å². The molecule has 0 radical (unpaired) electrons. The van der Waals surface area contributed by atoms with Crippen LogP contribution in [0.4, 0.5) is 0 Å². The van der Waals surface area contributed by atoms with Crippen LogP contribution in [0.1, 0.15) is 6.42 Å². The monoisotopic (exact) mass is 196 g/mol. The molecule has 1 atom stereocenters. The van der Waals surface area contributed by atoms with E-state index < -0.39 is 21.4 Å². The first-order valence-corrected chi connectivity index (χ1v) is 4.09. The van der Waals surface area contributed by atoms with Crippen molar-refractivity contribution in [2.75, 3.05) is 6.61 Å². The Balaban J connectivity index is 0. The molecule has 0 heterocycles. The van der Waals surface area contributed by atoms with Gasteiger partial charge in [-0.15, -0.1) is 11.6 Å². The molecule has 0 rings (SSSR count). The fourth-order valence-corrected chi connectivity index (χ4v) is 0.738. The summed E-state index contributed by atoms with van der Waals surface area (Å²) in [4.78, 5) is 0. The van der Waals surface area contributed by atoms with E-state index >= 15 is 0 Å². The Kier molecular flexibility index (Phi) is 7.92. The minimum atomic E-state index is -4.41. The molecule has 0 aromatic heterocycles. The summed E-state index contributed by atoms with van der Waals surface area (Å²) in [6.45, 7) is -0.393. The zero-order valence-corrected chi connectivity index (χ0v) is 9.02. The molecular formula is C3H6ClNaO4S. The van der Waals surface area contributed by atoms with Crippen molar-refractivity contribution in [2.24, 2.45) is 0 Å². The first-order chi connectivity index (χ1) is 3.98. The van der Waals surface area contributed by atoms with Crippen molar-refractivity contribution >= 4 is 21.7 Å². The molecule has 10 heavy (non-hydrogen) atoms. The van der Waals surface area contributed by atoms with Gasteiger partial charge >= 0.3 is 29.6 Å². The molecule has 0 amide bonds. The summed E-state index contributed by atoms with van der Waals surface area (Å²) >= 11 is 5.00. The van der Waals surface area contributed by atoms with E-state index in [0.717, 1.165) is 0 Å². The second-order valence-corrected chi connectivity index (χ2v) is 3.76. The normalized spacial score (nSPS) is 13.9. The molecule has 0 aromatic rings. The van der Waals surface area contributed by atoms with Gasteiger partial charge in [0.25, 0.3) is 0 Å². The molecule has 0 spiro atoms. The van der Waals surface area contributed by atoms with Gasteiger partial charge in [-0.25, -0.2) is 8.42 Å². The van der Waals surface area contributed by atoms with Crippen molar-refractivity contribution in [2.45, 2.75) is 11.1 Å². The van der Waals surface area contributed by atoms with Crippen LogP contribution in [-0.2, 0) is 10.1 Å². The summed E-state index contributed by atoms with van der Waals surface area (Å²) in [6.07, 6.45) is -0.215. The largest absolute Gasteiger partial charge is 1.00 e. The maximum Gasteiger partial charge on any atom is 1.00 e. The van der Waals surface area contributed by atoms with E-state index in [0.29, 0.717) is 0 Å². The number of hydrogen-bond donors (Lipinski definition) is 1. The number of hydrogen-bond acceptors (Lipinski definition) is 4. The molecule has 0 aromatic carbocycles. The third kappa shape index (κ3) is 5.91. The maximum atomic E-state index is 9.92. The van der Waals surface area contributed by atoms with E-state index in [4.69, 9.17) is 16.7 Å². The van der Waals surface area contributed by atoms with Crippen molar-refractivity contribution in [1.29, 1.82) is 0 Å². The average Bonchev–Trinajstić information content (AvgIpc) is 1.64. The number of rotatable bonds is 3. The SMILES string of the molecule is O=S(=O)([O-])C(Cl)CCO.[Na+]. The van der Waals surface area contributed by atoms with Crippen molar-refractivity contribution in [1.82, 2.24) is 0 Å². The van der Waals surface area contributed by atoms with Gasteiger partial charge in [-0.05, 0) is 6.42 Å². The second kappa shape index (κ2) is 5.77. The molecule has 7 heteroatoms. The summed E-state index contributed by atoms with van der Waals surface area (Å²) in [5.41, 5.74) is 0. The molecule has 1 unspecified atom stereocenters. The number of alkyl halides is 1. The summed E-state index contributed by atoms with van der Waals surface area (Å²) in [7, 11) is -4.41. The molecular weight excluding hydrogens is 191 g/mol. The van der Waals surface area contributed by atoms with Crippen LogP contribution in [0.2, 0.25) is 0 Å². The zero-order chi connectivity index (χ0) is 7.49. The van der Waals surface area contributed by atoms with Crippen LogP contribution in [0, 0.1) is 0 Å². The summed E-state index contributed by atoms with van der Waals surface area (Å²) < 4.78 is 28.3. The van der Waals surface area contributed by atoms with Gasteiger partial charge in [0.15, 0.2) is 0 Å². The van der Waals surface area contributed by atoms with E-state index in [1.54, 1.807) is 0 Å². The minimum Gasteiger partial charge on any atom is -0.747 e. The van der Waals surface area contributed by atoms with E-state index in [1.807, 2.05) is 0 Å². The number of halogens is 1. The predicted octanol–water partition coefficient (Wildman–Crippen LogP) is -3.52. The Bertz CT molecular complexity index is 167. The Hall–Kier alpha value is 1.16. The van der Waals surface area contributed by atoms with Crippen LogP contribution in [-0.4, -0.2) is 29.4 Å². The number of aliphatic hydroxyl groups is 1. The minimum absolute atomic E-state index is 0. The van der Waals surface area contributed by atoms with E-state index in [1.165, 1.54) is 0 Å². The third-order valence-electron chi connectivity index (χ3n) is 0.669. The van der Waals surface area contributed by atoms with Crippen LogP contribution in [0.15, 0.2) is 0 Å². The van der Waals surface area contributed by atoms with Gasteiger partial charge in [0, 0.05) is 6.61 Å². The van der Waals surface area contributed by atoms with Crippen molar-refractivity contribution < 1.29 is 47.6 Å². The topological polar surface area (TPSA) is 77.4 Å². The Labute approximate surface area is 86.6 Å².